The molecular weight excluding hydrogens is 240 g/mol. The fraction of sp³-hybridized carbons (Fsp3) is 0.333. The lowest BCUT2D eigenvalue weighted by Crippen LogP contribution is -2.20. The van der Waals surface area contributed by atoms with Gasteiger partial charge in [-0.15, -0.1) is 10.2 Å². The summed E-state index contributed by atoms with van der Waals surface area (Å²) in [4.78, 5) is 11.7. The number of rotatable bonds is 3. The largest absolute Gasteiger partial charge is 0.396 e. The molecule has 2 aromatic heterocycles. The van der Waals surface area contributed by atoms with Crippen LogP contribution in [0.25, 0.3) is 0 Å². The number of anilines is 2. The first kappa shape index (κ1) is 11.5. The van der Waals surface area contributed by atoms with Gasteiger partial charge in [-0.25, -0.2) is 0 Å². The number of aromatic nitrogens is 4. The SMILES string of the molecule is Cc1nn(CC(=O)Nc2nncs2)c(C)c1N. The summed E-state index contributed by atoms with van der Waals surface area (Å²) in [6.45, 7) is 3.75. The van der Waals surface area contributed by atoms with E-state index in [0.29, 0.717) is 10.8 Å². The minimum atomic E-state index is -0.202. The van der Waals surface area contributed by atoms with Crippen molar-refractivity contribution in [2.24, 2.45) is 0 Å². The number of carbonyl (C=O) groups is 1. The molecule has 0 aliphatic rings. The third kappa shape index (κ3) is 2.41. The molecule has 1 amide bonds. The van der Waals surface area contributed by atoms with E-state index in [4.69, 9.17) is 5.73 Å². The topological polar surface area (TPSA) is 98.7 Å². The Labute approximate surface area is 102 Å². The van der Waals surface area contributed by atoms with Gasteiger partial charge < -0.3 is 5.73 Å². The van der Waals surface area contributed by atoms with Gasteiger partial charge in [0, 0.05) is 0 Å². The summed E-state index contributed by atoms with van der Waals surface area (Å²) < 4.78 is 1.57. The van der Waals surface area contributed by atoms with E-state index in [1.165, 1.54) is 11.3 Å². The molecule has 2 heterocycles. The number of nitrogen functional groups attached to an aromatic ring is 1. The Morgan fingerprint density at radius 1 is 1.59 bits per heavy atom. The van der Waals surface area contributed by atoms with Crippen LogP contribution in [0.1, 0.15) is 11.4 Å². The van der Waals surface area contributed by atoms with Crippen molar-refractivity contribution in [1.82, 2.24) is 20.0 Å². The number of amides is 1. The van der Waals surface area contributed by atoms with Gasteiger partial charge in [0.25, 0.3) is 0 Å². The number of nitrogens with zero attached hydrogens (tertiary/aromatic N) is 4. The lowest BCUT2D eigenvalue weighted by molar-refractivity contribution is -0.116. The molecule has 90 valence electrons. The Morgan fingerprint density at radius 2 is 2.35 bits per heavy atom. The fourth-order valence-electron chi connectivity index (χ4n) is 1.39. The number of hydrogen-bond donors (Lipinski definition) is 2. The lowest BCUT2D eigenvalue weighted by Gasteiger charge is -2.03. The van der Waals surface area contributed by atoms with Gasteiger partial charge in [-0.1, -0.05) is 11.3 Å². The zero-order valence-corrected chi connectivity index (χ0v) is 10.3. The molecule has 0 radical (unpaired) electrons. The summed E-state index contributed by atoms with van der Waals surface area (Å²) in [7, 11) is 0. The van der Waals surface area contributed by atoms with Crippen LogP contribution in [0, 0.1) is 13.8 Å². The molecule has 0 aromatic carbocycles. The second-order valence-corrected chi connectivity index (χ2v) is 4.37. The van der Waals surface area contributed by atoms with Gasteiger partial charge in [0.2, 0.25) is 11.0 Å². The first-order valence-electron chi connectivity index (χ1n) is 4.93. The number of hydrogen-bond acceptors (Lipinski definition) is 6. The molecule has 17 heavy (non-hydrogen) atoms. The minimum absolute atomic E-state index is 0.115. The zero-order valence-electron chi connectivity index (χ0n) is 9.47. The monoisotopic (exact) mass is 252 g/mol. The summed E-state index contributed by atoms with van der Waals surface area (Å²) in [5, 5.41) is 14.6. The molecule has 0 aliphatic carbocycles. The van der Waals surface area contributed by atoms with E-state index in [1.807, 2.05) is 13.8 Å². The Balaban J connectivity index is 2.06. The van der Waals surface area contributed by atoms with Crippen molar-refractivity contribution in [1.29, 1.82) is 0 Å². The van der Waals surface area contributed by atoms with E-state index in [0.717, 1.165) is 11.4 Å². The van der Waals surface area contributed by atoms with Crippen molar-refractivity contribution >= 4 is 28.1 Å². The average molecular weight is 252 g/mol. The number of nitrogens with two attached hydrogens (primary N) is 1. The molecule has 8 heteroatoms. The van der Waals surface area contributed by atoms with Gasteiger partial charge in [-0.2, -0.15) is 5.10 Å². The smallest absolute Gasteiger partial charge is 0.247 e. The van der Waals surface area contributed by atoms with Crippen molar-refractivity contribution in [3.8, 4) is 0 Å². The molecule has 0 unspecified atom stereocenters. The Bertz CT molecular complexity index is 532. The highest BCUT2D eigenvalue weighted by Gasteiger charge is 2.12. The first-order chi connectivity index (χ1) is 8.08. The standard InChI is InChI=1S/C9H12N6OS/c1-5-8(10)6(2)15(14-5)3-7(16)12-9-13-11-4-17-9/h4H,3,10H2,1-2H3,(H,12,13,16). The summed E-state index contributed by atoms with van der Waals surface area (Å²) in [5.41, 5.74) is 9.47. The minimum Gasteiger partial charge on any atom is -0.396 e. The molecule has 7 nitrogen and oxygen atoms in total. The summed E-state index contributed by atoms with van der Waals surface area (Å²) >= 11 is 1.27. The second-order valence-electron chi connectivity index (χ2n) is 3.53. The Hall–Kier alpha value is -1.96. The highest BCUT2D eigenvalue weighted by atomic mass is 32.1. The van der Waals surface area contributed by atoms with Gasteiger partial charge in [-0.3, -0.25) is 14.8 Å². The third-order valence-electron chi connectivity index (χ3n) is 2.34. The number of aryl methyl sites for hydroxylation is 1. The van der Waals surface area contributed by atoms with Gasteiger partial charge in [-0.05, 0) is 13.8 Å². The lowest BCUT2D eigenvalue weighted by atomic mass is 10.3. The predicted molar refractivity (Wildman–Crippen MR) is 64.7 cm³/mol. The van der Waals surface area contributed by atoms with Crippen molar-refractivity contribution < 1.29 is 4.79 Å². The van der Waals surface area contributed by atoms with Crippen LogP contribution in [-0.2, 0) is 11.3 Å². The molecule has 0 saturated heterocycles. The average Bonchev–Trinajstić information content (AvgIpc) is 2.85. The summed E-state index contributed by atoms with van der Waals surface area (Å²) in [5.74, 6) is -0.202. The molecule has 0 aliphatic heterocycles. The molecule has 2 aromatic rings. The zero-order chi connectivity index (χ0) is 12.4. The van der Waals surface area contributed by atoms with Crippen LogP contribution in [0.5, 0.6) is 0 Å². The fourth-order valence-corrected chi connectivity index (χ4v) is 1.85. The van der Waals surface area contributed by atoms with Gasteiger partial charge in [0.1, 0.15) is 12.1 Å². The van der Waals surface area contributed by atoms with Crippen LogP contribution >= 0.6 is 11.3 Å². The highest BCUT2D eigenvalue weighted by Crippen LogP contribution is 2.15. The van der Waals surface area contributed by atoms with E-state index in [-0.39, 0.29) is 12.5 Å². The van der Waals surface area contributed by atoms with Crippen LogP contribution < -0.4 is 11.1 Å². The van der Waals surface area contributed by atoms with Crippen molar-refractivity contribution in [2.75, 3.05) is 11.1 Å². The molecular formula is C9H12N6OS. The number of nitrogens with one attached hydrogen (secondary N) is 1. The van der Waals surface area contributed by atoms with E-state index < -0.39 is 0 Å². The van der Waals surface area contributed by atoms with E-state index in [2.05, 4.69) is 20.6 Å². The maximum atomic E-state index is 11.7. The quantitative estimate of drug-likeness (QED) is 0.832. The van der Waals surface area contributed by atoms with Crippen LogP contribution in [0.4, 0.5) is 10.8 Å². The second kappa shape index (κ2) is 4.50. The maximum absolute atomic E-state index is 11.7. The molecule has 2 rings (SSSR count). The Kier molecular flexibility index (Phi) is 3.05. The molecule has 0 atom stereocenters. The maximum Gasteiger partial charge on any atom is 0.247 e. The highest BCUT2D eigenvalue weighted by molar-refractivity contribution is 7.13. The molecule has 0 saturated carbocycles. The summed E-state index contributed by atoms with van der Waals surface area (Å²) in [6, 6.07) is 0. The van der Waals surface area contributed by atoms with Crippen molar-refractivity contribution in [3.63, 3.8) is 0 Å². The van der Waals surface area contributed by atoms with E-state index >= 15 is 0 Å². The third-order valence-corrected chi connectivity index (χ3v) is 2.94. The van der Waals surface area contributed by atoms with E-state index in [1.54, 1.807) is 10.2 Å². The van der Waals surface area contributed by atoms with Gasteiger partial charge >= 0.3 is 0 Å². The molecule has 3 N–H and O–H groups in total. The molecule has 0 bridgehead atoms. The Morgan fingerprint density at radius 3 is 2.88 bits per heavy atom. The van der Waals surface area contributed by atoms with Crippen molar-refractivity contribution in [3.05, 3.63) is 16.9 Å². The van der Waals surface area contributed by atoms with Gasteiger partial charge in [0.05, 0.1) is 17.1 Å². The number of carbonyl (C=O) groups excluding carboxylic acids is 1. The normalized spacial score (nSPS) is 10.5. The van der Waals surface area contributed by atoms with Crippen LogP contribution in [-0.4, -0.2) is 25.9 Å². The molecule has 0 fully saturated rings. The van der Waals surface area contributed by atoms with Gasteiger partial charge in [0.15, 0.2) is 0 Å². The van der Waals surface area contributed by atoms with Crippen molar-refractivity contribution in [2.45, 2.75) is 20.4 Å². The summed E-state index contributed by atoms with van der Waals surface area (Å²) in [6.07, 6.45) is 0. The van der Waals surface area contributed by atoms with Crippen LogP contribution in [0.15, 0.2) is 5.51 Å². The predicted octanol–water partition coefficient (Wildman–Crippen LogP) is 0.572. The molecule has 0 spiro atoms. The first-order valence-corrected chi connectivity index (χ1v) is 5.81. The van der Waals surface area contributed by atoms with Crippen LogP contribution in [0.3, 0.4) is 0 Å². The van der Waals surface area contributed by atoms with E-state index in [9.17, 15) is 4.79 Å². The van der Waals surface area contributed by atoms with Crippen LogP contribution in [0.2, 0.25) is 0 Å².